The van der Waals surface area contributed by atoms with E-state index >= 15 is 0 Å². The number of anilines is 2. The third kappa shape index (κ3) is 2.96. The molecule has 0 aliphatic carbocycles. The second-order valence-electron chi connectivity index (χ2n) is 5.87. The number of rotatable bonds is 3. The van der Waals surface area contributed by atoms with Gasteiger partial charge in [-0.2, -0.15) is 0 Å². The van der Waals surface area contributed by atoms with E-state index in [2.05, 4.69) is 15.3 Å². The number of carbonyl (C=O) groups is 2. The van der Waals surface area contributed by atoms with E-state index in [1.54, 1.807) is 23.1 Å². The molecule has 2 N–H and O–H groups in total. The van der Waals surface area contributed by atoms with Gasteiger partial charge in [-0.1, -0.05) is 23.7 Å². The lowest BCUT2D eigenvalue weighted by Crippen LogP contribution is -2.27. The highest BCUT2D eigenvalue weighted by Gasteiger charge is 2.26. The molecule has 4 rings (SSSR count). The smallest absolute Gasteiger partial charge is 0.260 e. The van der Waals surface area contributed by atoms with Crippen molar-refractivity contribution in [3.05, 3.63) is 53.1 Å². The molecule has 1 aliphatic heterocycles. The van der Waals surface area contributed by atoms with Crippen LogP contribution in [0.4, 0.5) is 11.6 Å². The van der Waals surface area contributed by atoms with Crippen LogP contribution in [0.3, 0.4) is 0 Å². The van der Waals surface area contributed by atoms with Gasteiger partial charge in [0.1, 0.15) is 0 Å². The number of nitrogens with one attached hydrogen (secondary N) is 2. The number of amides is 2. The van der Waals surface area contributed by atoms with Crippen LogP contribution in [0.5, 0.6) is 0 Å². The lowest BCUT2D eigenvalue weighted by molar-refractivity contribution is -0.117. The van der Waals surface area contributed by atoms with Gasteiger partial charge in [-0.25, -0.2) is 4.98 Å². The summed E-state index contributed by atoms with van der Waals surface area (Å²) in [5.74, 6) is 0.0188. The van der Waals surface area contributed by atoms with Crippen LogP contribution < -0.4 is 10.2 Å². The number of aromatic nitrogens is 2. The molecule has 25 heavy (non-hydrogen) atoms. The van der Waals surface area contributed by atoms with Crippen LogP contribution >= 0.6 is 11.6 Å². The number of halogens is 1. The first-order valence-electron chi connectivity index (χ1n) is 7.98. The molecule has 1 aromatic heterocycles. The first-order chi connectivity index (χ1) is 12.1. The van der Waals surface area contributed by atoms with Gasteiger partial charge in [-0.05, 0) is 36.8 Å². The molecule has 2 heterocycles. The van der Waals surface area contributed by atoms with Gasteiger partial charge < -0.3 is 9.88 Å². The summed E-state index contributed by atoms with van der Waals surface area (Å²) in [4.78, 5) is 33.8. The van der Waals surface area contributed by atoms with Gasteiger partial charge in [0.15, 0.2) is 0 Å². The van der Waals surface area contributed by atoms with E-state index in [1.807, 2.05) is 24.3 Å². The Morgan fingerprint density at radius 1 is 1.24 bits per heavy atom. The quantitative estimate of drug-likeness (QED) is 0.754. The molecule has 0 spiro atoms. The fourth-order valence-corrected chi connectivity index (χ4v) is 3.18. The Morgan fingerprint density at radius 2 is 2.08 bits per heavy atom. The summed E-state index contributed by atoms with van der Waals surface area (Å²) in [6, 6.07) is 12.4. The molecular weight excluding hydrogens is 340 g/mol. The van der Waals surface area contributed by atoms with Crippen LogP contribution in [0.2, 0.25) is 5.02 Å². The molecule has 0 unspecified atom stereocenters. The number of para-hydroxylation sites is 2. The van der Waals surface area contributed by atoms with Gasteiger partial charge in [-0.3, -0.25) is 14.9 Å². The van der Waals surface area contributed by atoms with Crippen LogP contribution in [-0.4, -0.2) is 28.3 Å². The zero-order chi connectivity index (χ0) is 17.4. The molecule has 2 aromatic carbocycles. The van der Waals surface area contributed by atoms with Crippen LogP contribution in [0, 0.1) is 0 Å². The molecule has 0 saturated carbocycles. The second kappa shape index (κ2) is 6.22. The number of imidazole rings is 1. The summed E-state index contributed by atoms with van der Waals surface area (Å²) in [5.41, 5.74) is 2.52. The number of carbonyl (C=O) groups excluding carboxylic acids is 2. The molecule has 0 radical (unpaired) electrons. The van der Waals surface area contributed by atoms with Crippen LogP contribution in [-0.2, 0) is 4.79 Å². The standard InChI is InChI=1S/C18H15ClN4O2/c19-11-7-8-12(15(10-11)23-9-3-6-16(23)24)17(25)22-18-20-13-4-1-2-5-14(13)21-18/h1-2,4-5,7-8,10H,3,6,9H2,(H2,20,21,22,25). The number of nitrogens with zero attached hydrogens (tertiary/aromatic N) is 2. The van der Waals surface area contributed by atoms with Crippen molar-refractivity contribution in [2.24, 2.45) is 0 Å². The van der Waals surface area contributed by atoms with Crippen molar-refractivity contribution >= 4 is 46.1 Å². The number of fused-ring (bicyclic) bond motifs is 1. The third-order valence-corrected chi connectivity index (χ3v) is 4.43. The zero-order valence-electron chi connectivity index (χ0n) is 13.3. The summed E-state index contributed by atoms with van der Waals surface area (Å²) in [7, 11) is 0. The van der Waals surface area contributed by atoms with Gasteiger partial charge in [0, 0.05) is 18.0 Å². The predicted molar refractivity (Wildman–Crippen MR) is 97.1 cm³/mol. The fourth-order valence-electron chi connectivity index (χ4n) is 3.01. The van der Waals surface area contributed by atoms with Crippen molar-refractivity contribution in [2.45, 2.75) is 12.8 Å². The highest BCUT2D eigenvalue weighted by atomic mass is 35.5. The largest absolute Gasteiger partial charge is 0.324 e. The normalized spacial score (nSPS) is 14.3. The summed E-state index contributed by atoms with van der Waals surface area (Å²) in [5, 5.41) is 3.24. The molecule has 2 amide bonds. The molecule has 7 heteroatoms. The minimum atomic E-state index is -0.342. The SMILES string of the molecule is O=C(Nc1nc2ccccc2[nH]1)c1ccc(Cl)cc1N1CCCC1=O. The number of hydrogen-bond donors (Lipinski definition) is 2. The molecule has 1 saturated heterocycles. The average Bonchev–Trinajstić information content (AvgIpc) is 3.19. The van der Waals surface area contributed by atoms with Gasteiger partial charge in [0.05, 0.1) is 22.3 Å². The summed E-state index contributed by atoms with van der Waals surface area (Å²) in [6.45, 7) is 0.587. The van der Waals surface area contributed by atoms with Gasteiger partial charge in [0.2, 0.25) is 11.9 Å². The number of benzene rings is 2. The van der Waals surface area contributed by atoms with Gasteiger partial charge in [-0.15, -0.1) is 0 Å². The van der Waals surface area contributed by atoms with Crippen LogP contribution in [0.1, 0.15) is 23.2 Å². The molecule has 1 fully saturated rings. The zero-order valence-corrected chi connectivity index (χ0v) is 14.0. The Bertz CT molecular complexity index is 949. The Kier molecular flexibility index (Phi) is 3.89. The maximum absolute atomic E-state index is 12.7. The van der Waals surface area contributed by atoms with E-state index in [0.717, 1.165) is 17.5 Å². The average molecular weight is 355 g/mol. The van der Waals surface area contributed by atoms with Gasteiger partial charge in [0.25, 0.3) is 5.91 Å². The summed E-state index contributed by atoms with van der Waals surface area (Å²) < 4.78 is 0. The molecule has 3 aromatic rings. The number of aromatic amines is 1. The first-order valence-corrected chi connectivity index (χ1v) is 8.35. The number of H-pyrrole nitrogens is 1. The van der Waals surface area contributed by atoms with E-state index in [0.29, 0.717) is 35.2 Å². The highest BCUT2D eigenvalue weighted by molar-refractivity contribution is 6.31. The van der Waals surface area contributed by atoms with E-state index in [-0.39, 0.29) is 11.8 Å². The van der Waals surface area contributed by atoms with Crippen molar-refractivity contribution in [2.75, 3.05) is 16.8 Å². The topological polar surface area (TPSA) is 78.1 Å². The van der Waals surface area contributed by atoms with E-state index in [9.17, 15) is 9.59 Å². The third-order valence-electron chi connectivity index (χ3n) is 4.19. The van der Waals surface area contributed by atoms with E-state index < -0.39 is 0 Å². The monoisotopic (exact) mass is 354 g/mol. The van der Waals surface area contributed by atoms with Crippen molar-refractivity contribution in [1.29, 1.82) is 0 Å². The lowest BCUT2D eigenvalue weighted by atomic mass is 10.1. The Morgan fingerprint density at radius 3 is 2.84 bits per heavy atom. The second-order valence-corrected chi connectivity index (χ2v) is 6.30. The molecule has 1 aliphatic rings. The molecular formula is C18H15ClN4O2. The van der Waals surface area contributed by atoms with Crippen molar-refractivity contribution < 1.29 is 9.59 Å². The van der Waals surface area contributed by atoms with Crippen LogP contribution in [0.25, 0.3) is 11.0 Å². The maximum atomic E-state index is 12.7. The van der Waals surface area contributed by atoms with Gasteiger partial charge >= 0.3 is 0 Å². The minimum absolute atomic E-state index is 0.0000498. The Hall–Kier alpha value is -2.86. The lowest BCUT2D eigenvalue weighted by Gasteiger charge is -2.19. The fraction of sp³-hybridized carbons (Fsp3) is 0.167. The molecule has 126 valence electrons. The van der Waals surface area contributed by atoms with Crippen molar-refractivity contribution in [1.82, 2.24) is 9.97 Å². The molecule has 0 atom stereocenters. The van der Waals surface area contributed by atoms with Crippen LogP contribution in [0.15, 0.2) is 42.5 Å². The van der Waals surface area contributed by atoms with Crippen molar-refractivity contribution in [3.8, 4) is 0 Å². The predicted octanol–water partition coefficient (Wildman–Crippen LogP) is 3.60. The maximum Gasteiger partial charge on any atom is 0.260 e. The number of hydrogen-bond acceptors (Lipinski definition) is 3. The first kappa shape index (κ1) is 15.7. The summed E-state index contributed by atoms with van der Waals surface area (Å²) >= 11 is 6.07. The van der Waals surface area contributed by atoms with E-state index in [1.165, 1.54) is 0 Å². The van der Waals surface area contributed by atoms with Crippen molar-refractivity contribution in [3.63, 3.8) is 0 Å². The Balaban J connectivity index is 1.66. The summed E-state index contributed by atoms with van der Waals surface area (Å²) in [6.07, 6.45) is 1.26. The molecule has 6 nitrogen and oxygen atoms in total. The molecule has 0 bridgehead atoms. The minimum Gasteiger partial charge on any atom is -0.324 e. The Labute approximate surface area is 148 Å². The van der Waals surface area contributed by atoms with E-state index in [4.69, 9.17) is 11.6 Å². The highest BCUT2D eigenvalue weighted by Crippen LogP contribution is 2.29.